The van der Waals surface area contributed by atoms with Crippen molar-refractivity contribution >= 4 is 39.2 Å². The highest BCUT2D eigenvalue weighted by Gasteiger charge is 2.01. The molecule has 5 heteroatoms. The van der Waals surface area contributed by atoms with Crippen molar-refractivity contribution in [2.24, 2.45) is 0 Å². The number of carbonyl (C=O) groups excluding carboxylic acids is 1. The van der Waals surface area contributed by atoms with Crippen molar-refractivity contribution in [2.45, 2.75) is 0 Å². The van der Waals surface area contributed by atoms with Gasteiger partial charge < -0.3 is 10.4 Å². The molecular weight excluding hydrogens is 338 g/mol. The van der Waals surface area contributed by atoms with Gasteiger partial charge in [-0.25, -0.2) is 0 Å². The predicted octanol–water partition coefficient (Wildman–Crippen LogP) is 3.30. The first-order valence-electron chi connectivity index (χ1n) is 6.11. The molecule has 0 aliphatic rings. The van der Waals surface area contributed by atoms with Crippen LogP contribution < -0.4 is 5.32 Å². The molecule has 2 aromatic rings. The lowest BCUT2D eigenvalue weighted by Crippen LogP contribution is -2.24. The first kappa shape index (κ1) is 15.0. The number of hydrogen-bond acceptors (Lipinski definition) is 3. The molecule has 0 radical (unpaired) electrons. The first-order valence-corrected chi connectivity index (χ1v) is 7.72. The van der Waals surface area contributed by atoms with Crippen LogP contribution in [0.15, 0.2) is 46.9 Å². The molecule has 0 aliphatic carbocycles. The summed E-state index contributed by atoms with van der Waals surface area (Å²) >= 11 is 5.04. The number of nitrogens with one attached hydrogen (secondary N) is 1. The molecule has 0 saturated heterocycles. The normalized spacial score (nSPS) is 10.9. The van der Waals surface area contributed by atoms with E-state index in [0.29, 0.717) is 0 Å². The van der Waals surface area contributed by atoms with E-state index in [1.807, 2.05) is 24.3 Å². The molecule has 1 amide bonds. The van der Waals surface area contributed by atoms with Crippen LogP contribution in [0.4, 0.5) is 0 Å². The van der Waals surface area contributed by atoms with Crippen LogP contribution in [0.1, 0.15) is 4.88 Å². The second-order valence-electron chi connectivity index (χ2n) is 4.06. The van der Waals surface area contributed by atoms with E-state index in [2.05, 4.69) is 33.4 Å². The number of hydrogen-bond donors (Lipinski definition) is 2. The lowest BCUT2D eigenvalue weighted by Gasteiger charge is -1.97. The van der Waals surface area contributed by atoms with Gasteiger partial charge in [-0.15, -0.1) is 11.3 Å². The summed E-state index contributed by atoms with van der Waals surface area (Å²) in [4.78, 5) is 13.6. The Balaban J connectivity index is 2.04. The average molecular weight is 352 g/mol. The highest BCUT2D eigenvalue weighted by atomic mass is 79.9. The summed E-state index contributed by atoms with van der Waals surface area (Å²) in [6.07, 6.45) is 3.26. The second-order valence-corrected chi connectivity index (χ2v) is 6.09. The molecule has 0 atom stereocenters. The Morgan fingerprint density at radius 2 is 2.00 bits per heavy atom. The topological polar surface area (TPSA) is 49.3 Å². The van der Waals surface area contributed by atoms with E-state index < -0.39 is 0 Å². The lowest BCUT2D eigenvalue weighted by atomic mass is 10.2. The van der Waals surface area contributed by atoms with Crippen molar-refractivity contribution in [3.8, 4) is 10.4 Å². The van der Waals surface area contributed by atoms with E-state index in [1.165, 1.54) is 6.08 Å². The molecule has 3 nitrogen and oxygen atoms in total. The molecule has 1 aromatic heterocycles. The highest BCUT2D eigenvalue weighted by Crippen LogP contribution is 2.29. The van der Waals surface area contributed by atoms with Gasteiger partial charge in [-0.05, 0) is 35.9 Å². The van der Waals surface area contributed by atoms with Gasteiger partial charge in [0.25, 0.3) is 0 Å². The Labute approximate surface area is 130 Å². The van der Waals surface area contributed by atoms with E-state index in [1.54, 1.807) is 17.4 Å². The maximum absolute atomic E-state index is 11.4. The van der Waals surface area contributed by atoms with Gasteiger partial charge >= 0.3 is 0 Å². The lowest BCUT2D eigenvalue weighted by molar-refractivity contribution is -0.116. The minimum atomic E-state index is -0.197. The summed E-state index contributed by atoms with van der Waals surface area (Å²) in [6.45, 7) is 0.226. The second kappa shape index (κ2) is 7.38. The maximum atomic E-state index is 11.4. The molecular formula is C15H14BrNO2S. The van der Waals surface area contributed by atoms with Crippen LogP contribution >= 0.6 is 27.3 Å². The predicted molar refractivity (Wildman–Crippen MR) is 86.6 cm³/mol. The first-order chi connectivity index (χ1) is 9.69. The molecule has 0 fully saturated rings. The summed E-state index contributed by atoms with van der Waals surface area (Å²) in [5, 5.41) is 11.2. The molecule has 2 rings (SSSR count). The van der Waals surface area contributed by atoms with Crippen molar-refractivity contribution in [2.75, 3.05) is 13.2 Å². The van der Waals surface area contributed by atoms with Crippen molar-refractivity contribution < 1.29 is 9.90 Å². The summed E-state index contributed by atoms with van der Waals surface area (Å²) in [6, 6.07) is 12.1. The zero-order valence-corrected chi connectivity index (χ0v) is 13.1. The summed E-state index contributed by atoms with van der Waals surface area (Å²) in [7, 11) is 0. The van der Waals surface area contributed by atoms with E-state index in [4.69, 9.17) is 5.11 Å². The van der Waals surface area contributed by atoms with E-state index >= 15 is 0 Å². The molecule has 0 aliphatic heterocycles. The SMILES string of the molecule is O=C(/C=C/c1ccc(-c2ccc(Br)cc2)s1)NCCO. The van der Waals surface area contributed by atoms with Crippen molar-refractivity contribution in [3.63, 3.8) is 0 Å². The van der Waals surface area contributed by atoms with Crippen LogP contribution in [0.25, 0.3) is 16.5 Å². The fraction of sp³-hybridized carbons (Fsp3) is 0.133. The molecule has 104 valence electrons. The molecule has 20 heavy (non-hydrogen) atoms. The van der Waals surface area contributed by atoms with Gasteiger partial charge in [0.15, 0.2) is 0 Å². The molecule has 0 unspecified atom stereocenters. The van der Waals surface area contributed by atoms with Gasteiger partial charge in [-0.2, -0.15) is 0 Å². The number of thiophene rings is 1. The Hall–Kier alpha value is -1.43. The fourth-order valence-corrected chi connectivity index (χ4v) is 2.79. The van der Waals surface area contributed by atoms with Crippen LogP contribution in [-0.2, 0) is 4.79 Å². The maximum Gasteiger partial charge on any atom is 0.244 e. The van der Waals surface area contributed by atoms with Gasteiger partial charge in [-0.1, -0.05) is 28.1 Å². The number of benzene rings is 1. The Morgan fingerprint density at radius 3 is 2.70 bits per heavy atom. The number of rotatable bonds is 5. The third kappa shape index (κ3) is 4.30. The van der Waals surface area contributed by atoms with Crippen LogP contribution in [-0.4, -0.2) is 24.2 Å². The van der Waals surface area contributed by atoms with Crippen LogP contribution in [0.5, 0.6) is 0 Å². The van der Waals surface area contributed by atoms with Gasteiger partial charge in [0.05, 0.1) is 6.61 Å². The Kier molecular flexibility index (Phi) is 5.52. The zero-order chi connectivity index (χ0) is 14.4. The smallest absolute Gasteiger partial charge is 0.244 e. The minimum Gasteiger partial charge on any atom is -0.395 e. The van der Waals surface area contributed by atoms with Gasteiger partial charge in [0, 0.05) is 26.8 Å². The summed E-state index contributed by atoms with van der Waals surface area (Å²) in [5.74, 6) is -0.197. The van der Waals surface area contributed by atoms with E-state index in [-0.39, 0.29) is 19.1 Å². The standard InChI is InChI=1S/C15H14BrNO2S/c16-12-3-1-11(2-4-12)14-7-5-13(20-14)6-8-15(19)17-9-10-18/h1-8,18H,9-10H2,(H,17,19)/b8-6+. The summed E-state index contributed by atoms with van der Waals surface area (Å²) < 4.78 is 1.05. The van der Waals surface area contributed by atoms with E-state index in [9.17, 15) is 4.79 Å². The Morgan fingerprint density at radius 1 is 1.25 bits per heavy atom. The highest BCUT2D eigenvalue weighted by molar-refractivity contribution is 9.10. The van der Waals surface area contributed by atoms with Crippen LogP contribution in [0.2, 0.25) is 0 Å². The molecule has 0 saturated carbocycles. The number of aliphatic hydroxyl groups excluding tert-OH is 1. The van der Waals surface area contributed by atoms with Gasteiger partial charge in [0.1, 0.15) is 0 Å². The third-order valence-electron chi connectivity index (χ3n) is 2.57. The third-order valence-corrected chi connectivity index (χ3v) is 4.19. The number of carbonyl (C=O) groups is 1. The largest absolute Gasteiger partial charge is 0.395 e. The fourth-order valence-electron chi connectivity index (χ4n) is 1.61. The quantitative estimate of drug-likeness (QED) is 0.812. The summed E-state index contributed by atoms with van der Waals surface area (Å²) in [5.41, 5.74) is 1.16. The van der Waals surface area contributed by atoms with Crippen LogP contribution in [0, 0.1) is 0 Å². The van der Waals surface area contributed by atoms with Gasteiger partial charge in [-0.3, -0.25) is 4.79 Å². The van der Waals surface area contributed by atoms with Crippen LogP contribution in [0.3, 0.4) is 0 Å². The van der Waals surface area contributed by atoms with Gasteiger partial charge in [0.2, 0.25) is 5.91 Å². The van der Waals surface area contributed by atoms with Crippen molar-refractivity contribution in [1.29, 1.82) is 0 Å². The minimum absolute atomic E-state index is 0.0493. The number of amides is 1. The Bertz CT molecular complexity index is 605. The number of halogens is 1. The average Bonchev–Trinajstić information content (AvgIpc) is 2.92. The molecule has 0 spiro atoms. The van der Waals surface area contributed by atoms with Crippen molar-refractivity contribution in [3.05, 3.63) is 51.8 Å². The zero-order valence-electron chi connectivity index (χ0n) is 10.7. The monoisotopic (exact) mass is 351 g/mol. The molecule has 1 heterocycles. The molecule has 0 bridgehead atoms. The van der Waals surface area contributed by atoms with E-state index in [0.717, 1.165) is 19.8 Å². The molecule has 2 N–H and O–H groups in total. The molecule has 1 aromatic carbocycles. The van der Waals surface area contributed by atoms with Crippen molar-refractivity contribution in [1.82, 2.24) is 5.32 Å². The number of aliphatic hydroxyl groups is 1.